The van der Waals surface area contributed by atoms with E-state index in [-0.39, 0.29) is 5.60 Å². The zero-order valence-corrected chi connectivity index (χ0v) is 11.2. The van der Waals surface area contributed by atoms with Crippen LogP contribution in [0.4, 0.5) is 0 Å². The van der Waals surface area contributed by atoms with Crippen LogP contribution >= 0.6 is 0 Å². The molecular weight excluding hydrogens is 224 g/mol. The lowest BCUT2D eigenvalue weighted by Crippen LogP contribution is -2.45. The molecular formula is C16H20O2. The highest BCUT2D eigenvalue weighted by Crippen LogP contribution is 2.52. The zero-order chi connectivity index (χ0) is 12.9. The van der Waals surface area contributed by atoms with Gasteiger partial charge in [-0.3, -0.25) is 0 Å². The lowest BCUT2D eigenvalue weighted by Gasteiger charge is -2.46. The Hall–Kier alpha value is -1.44. The molecule has 0 bridgehead atoms. The van der Waals surface area contributed by atoms with Gasteiger partial charge in [0.05, 0.1) is 0 Å². The van der Waals surface area contributed by atoms with Gasteiger partial charge in [0.25, 0.3) is 0 Å². The number of aromatic hydroxyl groups is 1. The fraction of sp³-hybridized carbons (Fsp3) is 0.500. The quantitative estimate of drug-likeness (QED) is 0.699. The first-order valence-electron chi connectivity index (χ1n) is 6.67. The lowest BCUT2D eigenvalue weighted by molar-refractivity contribution is 0.0108. The van der Waals surface area contributed by atoms with E-state index in [1.165, 1.54) is 5.57 Å². The summed E-state index contributed by atoms with van der Waals surface area (Å²) in [5.41, 5.74) is 2.23. The van der Waals surface area contributed by atoms with Crippen molar-refractivity contribution >= 4 is 0 Å². The molecule has 2 heteroatoms. The zero-order valence-electron chi connectivity index (χ0n) is 11.2. The summed E-state index contributed by atoms with van der Waals surface area (Å²) < 4.78 is 6.12. The molecule has 0 radical (unpaired) electrons. The SMILES string of the molecule is CC1=C[C@H]2c3c(O)cccc3OC(C)(C)[C@@H]2CC1. The predicted molar refractivity (Wildman–Crippen MR) is 72.0 cm³/mol. The molecule has 1 aliphatic carbocycles. The highest BCUT2D eigenvalue weighted by atomic mass is 16.5. The third-order valence-electron chi connectivity index (χ3n) is 4.39. The predicted octanol–water partition coefficient (Wildman–Crippen LogP) is 4.00. The smallest absolute Gasteiger partial charge is 0.127 e. The first kappa shape index (κ1) is 11.6. The molecule has 0 amide bonds. The molecule has 0 saturated heterocycles. The Morgan fingerprint density at radius 3 is 2.89 bits per heavy atom. The summed E-state index contributed by atoms with van der Waals surface area (Å²) in [6, 6.07) is 5.57. The number of ether oxygens (including phenoxy) is 1. The van der Waals surface area contributed by atoms with E-state index in [1.807, 2.05) is 12.1 Å². The average molecular weight is 244 g/mol. The topological polar surface area (TPSA) is 29.5 Å². The fourth-order valence-corrected chi connectivity index (χ4v) is 3.45. The Morgan fingerprint density at radius 2 is 2.11 bits per heavy atom. The molecule has 1 aromatic carbocycles. The van der Waals surface area contributed by atoms with Crippen LogP contribution in [-0.2, 0) is 0 Å². The molecule has 1 aliphatic heterocycles. The van der Waals surface area contributed by atoms with Crippen LogP contribution in [-0.4, -0.2) is 10.7 Å². The average Bonchev–Trinajstić information content (AvgIpc) is 2.27. The fourth-order valence-electron chi connectivity index (χ4n) is 3.45. The van der Waals surface area contributed by atoms with Crippen LogP contribution in [0.3, 0.4) is 0 Å². The Labute approximate surface area is 108 Å². The van der Waals surface area contributed by atoms with Gasteiger partial charge in [0.2, 0.25) is 0 Å². The van der Waals surface area contributed by atoms with Gasteiger partial charge in [-0.2, -0.15) is 0 Å². The number of phenols is 1. The normalized spacial score (nSPS) is 28.7. The molecule has 18 heavy (non-hydrogen) atoms. The van der Waals surface area contributed by atoms with Crippen LogP contribution in [0.5, 0.6) is 11.5 Å². The van der Waals surface area contributed by atoms with Crippen molar-refractivity contribution in [3.63, 3.8) is 0 Å². The maximum atomic E-state index is 10.1. The summed E-state index contributed by atoms with van der Waals surface area (Å²) in [5, 5.41) is 10.1. The van der Waals surface area contributed by atoms with Gasteiger partial charge in [-0.15, -0.1) is 0 Å². The summed E-state index contributed by atoms with van der Waals surface area (Å²) in [5.74, 6) is 1.94. The number of hydrogen-bond donors (Lipinski definition) is 1. The standard InChI is InChI=1S/C16H20O2/c1-10-7-8-12-11(9-10)15-13(17)5-4-6-14(15)18-16(12,2)3/h4-6,9,11-12,17H,7-8H2,1-3H3/t11-,12-/m1/s1. The van der Waals surface area contributed by atoms with Crippen LogP contribution in [0.2, 0.25) is 0 Å². The van der Waals surface area contributed by atoms with Gasteiger partial charge in [0.15, 0.2) is 0 Å². The molecule has 0 spiro atoms. The monoisotopic (exact) mass is 244 g/mol. The molecule has 0 saturated carbocycles. The third-order valence-corrected chi connectivity index (χ3v) is 4.39. The van der Waals surface area contributed by atoms with Crippen LogP contribution in [0.1, 0.15) is 45.1 Å². The van der Waals surface area contributed by atoms with Crippen molar-refractivity contribution in [2.45, 2.75) is 45.1 Å². The number of phenolic OH excluding ortho intramolecular Hbond substituents is 1. The van der Waals surface area contributed by atoms with E-state index < -0.39 is 0 Å². The molecule has 1 aromatic rings. The van der Waals surface area contributed by atoms with Crippen molar-refractivity contribution in [1.29, 1.82) is 0 Å². The summed E-state index contributed by atoms with van der Waals surface area (Å²) >= 11 is 0. The van der Waals surface area contributed by atoms with Crippen molar-refractivity contribution in [3.8, 4) is 11.5 Å². The molecule has 0 unspecified atom stereocenters. The van der Waals surface area contributed by atoms with E-state index >= 15 is 0 Å². The molecule has 3 rings (SSSR count). The molecule has 2 nitrogen and oxygen atoms in total. The summed E-state index contributed by atoms with van der Waals surface area (Å²) in [4.78, 5) is 0. The van der Waals surface area contributed by atoms with Gasteiger partial charge in [-0.1, -0.05) is 17.7 Å². The Morgan fingerprint density at radius 1 is 1.33 bits per heavy atom. The van der Waals surface area contributed by atoms with E-state index in [4.69, 9.17) is 4.74 Å². The third kappa shape index (κ3) is 1.63. The highest BCUT2D eigenvalue weighted by molar-refractivity contribution is 5.51. The molecule has 2 atom stereocenters. The number of rotatable bonds is 0. The maximum Gasteiger partial charge on any atom is 0.127 e. The van der Waals surface area contributed by atoms with E-state index in [0.29, 0.717) is 17.6 Å². The van der Waals surface area contributed by atoms with Crippen LogP contribution in [0, 0.1) is 5.92 Å². The number of fused-ring (bicyclic) bond motifs is 3. The second-order valence-corrected chi connectivity index (χ2v) is 6.08. The van der Waals surface area contributed by atoms with Crippen molar-refractivity contribution in [2.24, 2.45) is 5.92 Å². The van der Waals surface area contributed by atoms with E-state index in [1.54, 1.807) is 6.07 Å². The van der Waals surface area contributed by atoms with Crippen molar-refractivity contribution in [2.75, 3.05) is 0 Å². The molecule has 96 valence electrons. The van der Waals surface area contributed by atoms with Gasteiger partial charge >= 0.3 is 0 Å². The lowest BCUT2D eigenvalue weighted by atomic mass is 9.68. The van der Waals surface area contributed by atoms with Crippen LogP contribution < -0.4 is 4.74 Å². The van der Waals surface area contributed by atoms with E-state index in [2.05, 4.69) is 26.8 Å². The summed E-state index contributed by atoms with van der Waals surface area (Å²) in [6.45, 7) is 6.50. The molecule has 1 N–H and O–H groups in total. The molecule has 0 fully saturated rings. The largest absolute Gasteiger partial charge is 0.508 e. The maximum absolute atomic E-state index is 10.1. The second kappa shape index (κ2) is 3.78. The highest BCUT2D eigenvalue weighted by Gasteiger charge is 2.44. The first-order chi connectivity index (χ1) is 8.49. The van der Waals surface area contributed by atoms with Gasteiger partial charge in [0.1, 0.15) is 17.1 Å². The van der Waals surface area contributed by atoms with E-state index in [0.717, 1.165) is 24.2 Å². The Balaban J connectivity index is 2.19. The number of hydrogen-bond acceptors (Lipinski definition) is 2. The van der Waals surface area contributed by atoms with Gasteiger partial charge in [0, 0.05) is 17.4 Å². The molecule has 1 heterocycles. The number of allylic oxidation sites excluding steroid dienone is 2. The van der Waals surface area contributed by atoms with Crippen molar-refractivity contribution in [1.82, 2.24) is 0 Å². The van der Waals surface area contributed by atoms with Crippen molar-refractivity contribution < 1.29 is 9.84 Å². The summed E-state index contributed by atoms with van der Waals surface area (Å²) in [7, 11) is 0. The number of benzene rings is 1. The first-order valence-corrected chi connectivity index (χ1v) is 6.67. The second-order valence-electron chi connectivity index (χ2n) is 6.08. The minimum atomic E-state index is -0.164. The summed E-state index contributed by atoms with van der Waals surface area (Å²) in [6.07, 6.45) is 4.58. The van der Waals surface area contributed by atoms with Gasteiger partial charge in [-0.05, 0) is 45.7 Å². The van der Waals surface area contributed by atoms with Crippen molar-refractivity contribution in [3.05, 3.63) is 35.4 Å². The van der Waals surface area contributed by atoms with E-state index in [9.17, 15) is 5.11 Å². The van der Waals surface area contributed by atoms with Gasteiger partial charge in [-0.25, -0.2) is 0 Å². The van der Waals surface area contributed by atoms with Gasteiger partial charge < -0.3 is 9.84 Å². The Bertz CT molecular complexity index is 514. The molecule has 2 aliphatic rings. The van der Waals surface area contributed by atoms with Crippen LogP contribution in [0.25, 0.3) is 0 Å². The molecule has 0 aromatic heterocycles. The minimum Gasteiger partial charge on any atom is -0.508 e. The van der Waals surface area contributed by atoms with Crippen LogP contribution in [0.15, 0.2) is 29.8 Å². The Kier molecular flexibility index (Phi) is 2.44. The minimum absolute atomic E-state index is 0.164.